The molecule has 0 fully saturated rings. The average molecular weight is 284 g/mol. The van der Waals surface area contributed by atoms with Gasteiger partial charge in [0.05, 0.1) is 11.7 Å². The van der Waals surface area contributed by atoms with Crippen LogP contribution in [0.1, 0.15) is 27.4 Å². The first-order valence-corrected chi connectivity index (χ1v) is 6.33. The minimum absolute atomic E-state index is 0.330. The molecule has 0 bridgehead atoms. The Labute approximate surface area is 121 Å². The number of carbonyl (C=O) groups excluding carboxylic acids is 2. The number of amides is 1. The van der Waals surface area contributed by atoms with Crippen molar-refractivity contribution in [2.75, 3.05) is 0 Å². The first kappa shape index (κ1) is 14.6. The van der Waals surface area contributed by atoms with Crippen LogP contribution in [0.5, 0.6) is 0 Å². The second-order valence-electron chi connectivity index (χ2n) is 4.62. The quantitative estimate of drug-likeness (QED) is 0.861. The molecule has 0 aliphatic carbocycles. The lowest BCUT2D eigenvalue weighted by Crippen LogP contribution is -2.35. The number of aryl methyl sites for hydroxylation is 2. The van der Waals surface area contributed by atoms with Crippen molar-refractivity contribution in [2.24, 2.45) is 0 Å². The summed E-state index contributed by atoms with van der Waals surface area (Å²) >= 11 is 0. The summed E-state index contributed by atoms with van der Waals surface area (Å²) in [4.78, 5) is 23.1. The van der Waals surface area contributed by atoms with Crippen LogP contribution in [0.25, 0.3) is 6.08 Å². The third-order valence-corrected chi connectivity index (χ3v) is 2.80. The third-order valence-electron chi connectivity index (χ3n) is 2.80. The highest BCUT2D eigenvalue weighted by atomic mass is 16.4. The molecule has 0 spiro atoms. The summed E-state index contributed by atoms with van der Waals surface area (Å²) in [6, 6.07) is 10.1. The maximum absolute atomic E-state index is 12.0. The van der Waals surface area contributed by atoms with Crippen LogP contribution in [-0.4, -0.2) is 11.9 Å². The molecule has 2 rings (SSSR count). The Morgan fingerprint density at radius 2 is 1.95 bits per heavy atom. The fourth-order valence-electron chi connectivity index (χ4n) is 1.80. The Kier molecular flexibility index (Phi) is 4.23. The molecule has 2 aromatic rings. The lowest BCUT2D eigenvalue weighted by atomic mass is 10.1. The third kappa shape index (κ3) is 3.82. The molecular weight excluding hydrogens is 270 g/mol. The predicted octanol–water partition coefficient (Wildman–Crippen LogP) is 1.42. The molecule has 1 amide bonds. The first-order chi connectivity index (χ1) is 9.95. The van der Waals surface area contributed by atoms with E-state index in [1.165, 1.54) is 6.08 Å². The van der Waals surface area contributed by atoms with Gasteiger partial charge in [0.15, 0.2) is 0 Å². The van der Waals surface area contributed by atoms with Crippen LogP contribution in [0.15, 0.2) is 46.5 Å². The van der Waals surface area contributed by atoms with E-state index in [2.05, 4.69) is 5.32 Å². The van der Waals surface area contributed by atoms with E-state index in [0.29, 0.717) is 17.1 Å². The van der Waals surface area contributed by atoms with E-state index in [1.54, 1.807) is 37.3 Å². The molecule has 0 aliphatic heterocycles. The molecule has 108 valence electrons. The lowest BCUT2D eigenvalue weighted by molar-refractivity contribution is -0.299. The zero-order chi connectivity index (χ0) is 15.4. The van der Waals surface area contributed by atoms with E-state index < -0.39 is 11.9 Å². The SMILES string of the molecule is Cc1cccc(C(=O)N/C(=C/c2ccc(C)o2)C(=O)[O-])c1. The number of carboxylic acids is 1. The van der Waals surface area contributed by atoms with Gasteiger partial charge in [-0.15, -0.1) is 0 Å². The maximum atomic E-state index is 12.0. The molecule has 1 aromatic carbocycles. The molecule has 0 aliphatic rings. The summed E-state index contributed by atoms with van der Waals surface area (Å²) in [7, 11) is 0. The molecule has 0 radical (unpaired) electrons. The van der Waals surface area contributed by atoms with Gasteiger partial charge in [-0.05, 0) is 38.1 Å². The monoisotopic (exact) mass is 284 g/mol. The van der Waals surface area contributed by atoms with Crippen molar-refractivity contribution in [3.05, 3.63) is 64.7 Å². The summed E-state index contributed by atoms with van der Waals surface area (Å²) < 4.78 is 5.25. The molecular formula is C16H14NO4-. The molecule has 0 atom stereocenters. The van der Waals surface area contributed by atoms with Crippen LogP contribution in [0.2, 0.25) is 0 Å². The molecule has 0 unspecified atom stereocenters. The smallest absolute Gasteiger partial charge is 0.255 e. The van der Waals surface area contributed by atoms with Gasteiger partial charge in [0.25, 0.3) is 5.91 Å². The molecule has 1 heterocycles. The highest BCUT2D eigenvalue weighted by Gasteiger charge is 2.09. The van der Waals surface area contributed by atoms with E-state index in [0.717, 1.165) is 5.56 Å². The topological polar surface area (TPSA) is 82.4 Å². The maximum Gasteiger partial charge on any atom is 0.255 e. The van der Waals surface area contributed by atoms with Gasteiger partial charge in [0.1, 0.15) is 11.5 Å². The standard InChI is InChI=1S/C16H15NO4/c1-10-4-3-5-12(8-10)15(18)17-14(16(19)20)9-13-7-6-11(2)21-13/h3-9H,1-2H3,(H,17,18)(H,19,20)/p-1/b14-9+. The number of nitrogens with one attached hydrogen (secondary N) is 1. The van der Waals surface area contributed by atoms with Crippen molar-refractivity contribution < 1.29 is 19.1 Å². The van der Waals surface area contributed by atoms with Crippen LogP contribution >= 0.6 is 0 Å². The number of carbonyl (C=O) groups is 2. The molecule has 5 heteroatoms. The Morgan fingerprint density at radius 1 is 1.19 bits per heavy atom. The summed E-state index contributed by atoms with van der Waals surface area (Å²) in [5, 5.41) is 13.4. The molecule has 1 N–H and O–H groups in total. The van der Waals surface area contributed by atoms with E-state index >= 15 is 0 Å². The van der Waals surface area contributed by atoms with Gasteiger partial charge in [-0.2, -0.15) is 0 Å². The lowest BCUT2D eigenvalue weighted by Gasteiger charge is -2.10. The van der Waals surface area contributed by atoms with Gasteiger partial charge < -0.3 is 19.6 Å². The largest absolute Gasteiger partial charge is 0.543 e. The Bertz CT molecular complexity index is 713. The van der Waals surface area contributed by atoms with E-state index in [-0.39, 0.29) is 5.70 Å². The fraction of sp³-hybridized carbons (Fsp3) is 0.125. The van der Waals surface area contributed by atoms with Crippen molar-refractivity contribution >= 4 is 18.0 Å². The van der Waals surface area contributed by atoms with Crippen molar-refractivity contribution in [2.45, 2.75) is 13.8 Å². The zero-order valence-electron chi connectivity index (χ0n) is 11.7. The minimum Gasteiger partial charge on any atom is -0.543 e. The van der Waals surface area contributed by atoms with Crippen LogP contribution in [0, 0.1) is 13.8 Å². The normalized spacial score (nSPS) is 11.2. The number of benzene rings is 1. The average Bonchev–Trinajstić information content (AvgIpc) is 2.83. The van der Waals surface area contributed by atoms with Crippen LogP contribution in [0.3, 0.4) is 0 Å². The highest BCUT2D eigenvalue weighted by Crippen LogP contribution is 2.11. The fourth-order valence-corrected chi connectivity index (χ4v) is 1.80. The number of furan rings is 1. The Balaban J connectivity index is 2.22. The molecule has 5 nitrogen and oxygen atoms in total. The summed E-state index contributed by atoms with van der Waals surface area (Å²) in [6.07, 6.45) is 1.22. The second-order valence-corrected chi connectivity index (χ2v) is 4.62. The van der Waals surface area contributed by atoms with Crippen LogP contribution in [0.4, 0.5) is 0 Å². The zero-order valence-corrected chi connectivity index (χ0v) is 11.7. The first-order valence-electron chi connectivity index (χ1n) is 6.33. The van der Waals surface area contributed by atoms with Crippen LogP contribution in [-0.2, 0) is 4.79 Å². The van der Waals surface area contributed by atoms with Gasteiger partial charge in [0, 0.05) is 11.6 Å². The van der Waals surface area contributed by atoms with Crippen LogP contribution < -0.4 is 10.4 Å². The van der Waals surface area contributed by atoms with Crippen molar-refractivity contribution in [1.29, 1.82) is 0 Å². The van der Waals surface area contributed by atoms with Crippen molar-refractivity contribution in [3.63, 3.8) is 0 Å². The second kappa shape index (κ2) is 6.09. The van der Waals surface area contributed by atoms with E-state index in [1.807, 2.05) is 13.0 Å². The number of hydrogen-bond acceptors (Lipinski definition) is 4. The Hall–Kier alpha value is -2.82. The molecule has 0 saturated carbocycles. The van der Waals surface area contributed by atoms with Gasteiger partial charge in [0.2, 0.25) is 0 Å². The summed E-state index contributed by atoms with van der Waals surface area (Å²) in [5.41, 5.74) is 0.928. The Morgan fingerprint density at radius 3 is 2.52 bits per heavy atom. The van der Waals surface area contributed by atoms with Gasteiger partial charge in [-0.3, -0.25) is 4.79 Å². The van der Waals surface area contributed by atoms with Gasteiger partial charge >= 0.3 is 0 Å². The summed E-state index contributed by atoms with van der Waals surface area (Å²) in [5.74, 6) is -1.03. The van der Waals surface area contributed by atoms with E-state index in [9.17, 15) is 14.7 Å². The highest BCUT2D eigenvalue weighted by molar-refractivity contribution is 6.02. The predicted molar refractivity (Wildman–Crippen MR) is 75.1 cm³/mol. The van der Waals surface area contributed by atoms with Gasteiger partial charge in [-0.1, -0.05) is 17.7 Å². The van der Waals surface area contributed by atoms with E-state index in [4.69, 9.17) is 4.42 Å². The summed E-state index contributed by atoms with van der Waals surface area (Å²) in [6.45, 7) is 3.58. The molecule has 21 heavy (non-hydrogen) atoms. The molecule has 0 saturated heterocycles. The van der Waals surface area contributed by atoms with Gasteiger partial charge in [-0.25, -0.2) is 0 Å². The number of aliphatic carboxylic acids is 1. The number of rotatable bonds is 4. The minimum atomic E-state index is -1.48. The number of hydrogen-bond donors (Lipinski definition) is 1. The van der Waals surface area contributed by atoms with Crippen molar-refractivity contribution in [3.8, 4) is 0 Å². The van der Waals surface area contributed by atoms with Crippen molar-refractivity contribution in [1.82, 2.24) is 5.32 Å². The molecule has 1 aromatic heterocycles. The number of carboxylic acid groups (broad SMARTS) is 1.